The first kappa shape index (κ1) is 7.84. The van der Waals surface area contributed by atoms with Crippen LogP contribution in [0.25, 0.3) is 0 Å². The number of hydrogen-bond donors (Lipinski definition) is 0. The normalized spacial score (nSPS) is 26.8. The molecule has 10 heavy (non-hydrogen) atoms. The molecule has 1 aliphatic rings. The first-order valence-corrected chi connectivity index (χ1v) is 4.36. The lowest BCUT2D eigenvalue weighted by Crippen LogP contribution is -2.10. The fourth-order valence-electron chi connectivity index (χ4n) is 1.59. The number of allylic oxidation sites excluding steroid dienone is 2. The molecule has 0 aromatic carbocycles. The van der Waals surface area contributed by atoms with Crippen molar-refractivity contribution in [2.75, 3.05) is 0 Å². The van der Waals surface area contributed by atoms with Gasteiger partial charge in [-0.1, -0.05) is 25.5 Å². The second kappa shape index (κ2) is 3.23. The SMILES string of the molecule is CC1=CC[C@H](C(C)C)CC1. The summed E-state index contributed by atoms with van der Waals surface area (Å²) in [5.74, 6) is 1.84. The molecule has 0 heteroatoms. The van der Waals surface area contributed by atoms with E-state index in [1.807, 2.05) is 0 Å². The van der Waals surface area contributed by atoms with Crippen molar-refractivity contribution < 1.29 is 0 Å². The van der Waals surface area contributed by atoms with Crippen LogP contribution in [0.15, 0.2) is 11.6 Å². The predicted molar refractivity (Wildman–Crippen MR) is 45.9 cm³/mol. The molecule has 1 aliphatic carbocycles. The zero-order chi connectivity index (χ0) is 7.56. The first-order chi connectivity index (χ1) is 4.70. The standard InChI is InChI=1S/C10H18/c1-8(2)10-6-4-9(3)5-7-10/h4,8,10H,5-7H2,1-3H3/t10-/m0/s1. The minimum atomic E-state index is 0.879. The highest BCUT2D eigenvalue weighted by Crippen LogP contribution is 2.28. The fraction of sp³-hybridized carbons (Fsp3) is 0.800. The van der Waals surface area contributed by atoms with Crippen molar-refractivity contribution in [2.24, 2.45) is 11.8 Å². The van der Waals surface area contributed by atoms with Gasteiger partial charge in [-0.05, 0) is 38.0 Å². The summed E-state index contributed by atoms with van der Waals surface area (Å²) in [6, 6.07) is 0. The zero-order valence-corrected chi connectivity index (χ0v) is 7.35. The van der Waals surface area contributed by atoms with Crippen LogP contribution < -0.4 is 0 Å². The summed E-state index contributed by atoms with van der Waals surface area (Å²) < 4.78 is 0. The highest BCUT2D eigenvalue weighted by atomic mass is 14.2. The Morgan fingerprint density at radius 3 is 2.60 bits per heavy atom. The van der Waals surface area contributed by atoms with Gasteiger partial charge < -0.3 is 0 Å². The lowest BCUT2D eigenvalue weighted by atomic mass is 9.83. The maximum absolute atomic E-state index is 2.41. The van der Waals surface area contributed by atoms with Crippen molar-refractivity contribution in [3.05, 3.63) is 11.6 Å². The molecule has 0 radical (unpaired) electrons. The maximum Gasteiger partial charge on any atom is -0.0317 e. The van der Waals surface area contributed by atoms with E-state index >= 15 is 0 Å². The molecule has 0 aromatic rings. The van der Waals surface area contributed by atoms with Gasteiger partial charge in [0.25, 0.3) is 0 Å². The van der Waals surface area contributed by atoms with E-state index < -0.39 is 0 Å². The summed E-state index contributed by atoms with van der Waals surface area (Å²) >= 11 is 0. The van der Waals surface area contributed by atoms with E-state index in [-0.39, 0.29) is 0 Å². The van der Waals surface area contributed by atoms with Crippen LogP contribution in [-0.2, 0) is 0 Å². The van der Waals surface area contributed by atoms with E-state index in [1.54, 1.807) is 5.57 Å². The molecule has 0 N–H and O–H groups in total. The Labute approximate surface area is 64.3 Å². The Kier molecular flexibility index (Phi) is 2.53. The summed E-state index contributed by atoms with van der Waals surface area (Å²) in [5, 5.41) is 0. The Hall–Kier alpha value is -0.260. The lowest BCUT2D eigenvalue weighted by Gasteiger charge is -2.23. The Bertz CT molecular complexity index is 131. The molecule has 0 heterocycles. The van der Waals surface area contributed by atoms with Crippen LogP contribution in [0, 0.1) is 11.8 Å². The van der Waals surface area contributed by atoms with Crippen LogP contribution in [-0.4, -0.2) is 0 Å². The number of rotatable bonds is 1. The third kappa shape index (κ3) is 1.86. The monoisotopic (exact) mass is 138 g/mol. The Morgan fingerprint density at radius 2 is 2.20 bits per heavy atom. The molecule has 0 unspecified atom stereocenters. The van der Waals surface area contributed by atoms with Gasteiger partial charge in [0.15, 0.2) is 0 Å². The molecule has 1 atom stereocenters. The van der Waals surface area contributed by atoms with Gasteiger partial charge in [0.2, 0.25) is 0 Å². The zero-order valence-electron chi connectivity index (χ0n) is 7.35. The minimum absolute atomic E-state index is 0.879. The van der Waals surface area contributed by atoms with E-state index in [2.05, 4.69) is 26.8 Å². The smallest absolute Gasteiger partial charge is 0.0317 e. The summed E-state index contributed by atoms with van der Waals surface area (Å²) in [6.45, 7) is 6.91. The highest BCUT2D eigenvalue weighted by molar-refractivity contribution is 5.03. The summed E-state index contributed by atoms with van der Waals surface area (Å²) in [5.41, 5.74) is 1.59. The van der Waals surface area contributed by atoms with Gasteiger partial charge in [0.1, 0.15) is 0 Å². The van der Waals surface area contributed by atoms with Gasteiger partial charge in [0.05, 0.1) is 0 Å². The van der Waals surface area contributed by atoms with E-state index in [0.29, 0.717) is 0 Å². The number of hydrogen-bond acceptors (Lipinski definition) is 0. The van der Waals surface area contributed by atoms with Crippen LogP contribution >= 0.6 is 0 Å². The van der Waals surface area contributed by atoms with Gasteiger partial charge in [-0.3, -0.25) is 0 Å². The third-order valence-corrected chi connectivity index (χ3v) is 2.62. The van der Waals surface area contributed by atoms with E-state index in [1.165, 1.54) is 19.3 Å². The van der Waals surface area contributed by atoms with Gasteiger partial charge in [0, 0.05) is 0 Å². The van der Waals surface area contributed by atoms with Crippen LogP contribution in [0.1, 0.15) is 40.0 Å². The lowest BCUT2D eigenvalue weighted by molar-refractivity contribution is 0.350. The van der Waals surface area contributed by atoms with Crippen molar-refractivity contribution in [1.29, 1.82) is 0 Å². The van der Waals surface area contributed by atoms with Gasteiger partial charge in [-0.15, -0.1) is 0 Å². The molecule has 0 aliphatic heterocycles. The second-order valence-corrected chi connectivity index (χ2v) is 3.83. The van der Waals surface area contributed by atoms with Crippen molar-refractivity contribution in [3.63, 3.8) is 0 Å². The summed E-state index contributed by atoms with van der Waals surface area (Å²) in [4.78, 5) is 0. The topological polar surface area (TPSA) is 0 Å². The summed E-state index contributed by atoms with van der Waals surface area (Å²) in [6.07, 6.45) is 6.49. The van der Waals surface area contributed by atoms with Crippen LogP contribution in [0.3, 0.4) is 0 Å². The quantitative estimate of drug-likeness (QED) is 0.487. The van der Waals surface area contributed by atoms with Crippen molar-refractivity contribution in [2.45, 2.75) is 40.0 Å². The third-order valence-electron chi connectivity index (χ3n) is 2.62. The average Bonchev–Trinajstić information content (AvgIpc) is 1.88. The largest absolute Gasteiger partial charge is 0.0853 e. The molecule has 0 nitrogen and oxygen atoms in total. The second-order valence-electron chi connectivity index (χ2n) is 3.83. The van der Waals surface area contributed by atoms with E-state index in [4.69, 9.17) is 0 Å². The van der Waals surface area contributed by atoms with E-state index in [9.17, 15) is 0 Å². The summed E-state index contributed by atoms with van der Waals surface area (Å²) in [7, 11) is 0. The maximum atomic E-state index is 2.41. The molecule has 0 aromatic heterocycles. The Balaban J connectivity index is 2.42. The van der Waals surface area contributed by atoms with Crippen molar-refractivity contribution in [1.82, 2.24) is 0 Å². The molecule has 0 bridgehead atoms. The van der Waals surface area contributed by atoms with E-state index in [0.717, 1.165) is 11.8 Å². The molecule has 0 saturated heterocycles. The fourth-order valence-corrected chi connectivity index (χ4v) is 1.59. The van der Waals surface area contributed by atoms with Crippen LogP contribution in [0.5, 0.6) is 0 Å². The molecule has 1 rings (SSSR count). The molecule has 0 spiro atoms. The highest BCUT2D eigenvalue weighted by Gasteiger charge is 2.14. The van der Waals surface area contributed by atoms with Crippen LogP contribution in [0.2, 0.25) is 0 Å². The molecule has 0 amide bonds. The minimum Gasteiger partial charge on any atom is -0.0853 e. The Morgan fingerprint density at radius 1 is 1.50 bits per heavy atom. The molecular weight excluding hydrogens is 120 g/mol. The predicted octanol–water partition coefficient (Wildman–Crippen LogP) is 3.39. The van der Waals surface area contributed by atoms with Gasteiger partial charge >= 0.3 is 0 Å². The molecule has 58 valence electrons. The van der Waals surface area contributed by atoms with Crippen molar-refractivity contribution in [3.8, 4) is 0 Å². The van der Waals surface area contributed by atoms with Crippen molar-refractivity contribution >= 4 is 0 Å². The molecule has 0 saturated carbocycles. The van der Waals surface area contributed by atoms with Gasteiger partial charge in [-0.25, -0.2) is 0 Å². The first-order valence-electron chi connectivity index (χ1n) is 4.36. The van der Waals surface area contributed by atoms with Crippen LogP contribution in [0.4, 0.5) is 0 Å². The van der Waals surface area contributed by atoms with Gasteiger partial charge in [-0.2, -0.15) is 0 Å². The molecular formula is C10H18. The average molecular weight is 138 g/mol. The molecule has 0 fully saturated rings.